The Kier molecular flexibility index (Phi) is 6.88. The van der Waals surface area contributed by atoms with Gasteiger partial charge in [0.25, 0.3) is 0 Å². The first-order chi connectivity index (χ1) is 15.1. The molecule has 1 aliphatic heterocycles. The average molecular weight is 438 g/mol. The van der Waals surface area contributed by atoms with E-state index >= 15 is 0 Å². The van der Waals surface area contributed by atoms with Gasteiger partial charge < -0.3 is 14.4 Å². The van der Waals surface area contributed by atoms with E-state index in [1.54, 1.807) is 11.3 Å². The summed E-state index contributed by atoms with van der Waals surface area (Å²) in [5, 5.41) is 1.14. The quantitative estimate of drug-likeness (QED) is 0.481. The molecule has 0 bridgehead atoms. The second kappa shape index (κ2) is 9.79. The van der Waals surface area contributed by atoms with Gasteiger partial charge >= 0.3 is 0 Å². The molecule has 1 saturated heterocycles. The van der Waals surface area contributed by atoms with Crippen molar-refractivity contribution in [2.75, 3.05) is 37.7 Å². The van der Waals surface area contributed by atoms with Gasteiger partial charge in [0.15, 0.2) is 5.13 Å². The summed E-state index contributed by atoms with van der Waals surface area (Å²) in [6.07, 6.45) is 2.47. The van der Waals surface area contributed by atoms with Crippen molar-refractivity contribution in [1.29, 1.82) is 0 Å². The Morgan fingerprint density at radius 3 is 2.87 bits per heavy atom. The molecule has 31 heavy (non-hydrogen) atoms. The molecule has 164 valence electrons. The molecule has 6 heteroatoms. The zero-order valence-electron chi connectivity index (χ0n) is 18.6. The van der Waals surface area contributed by atoms with Crippen LogP contribution in [0.4, 0.5) is 5.13 Å². The number of nitrogens with zero attached hydrogens (tertiary/aromatic N) is 3. The van der Waals surface area contributed by atoms with Crippen LogP contribution in [0.15, 0.2) is 36.4 Å². The number of aromatic nitrogens is 1. The van der Waals surface area contributed by atoms with E-state index in [4.69, 9.17) is 9.72 Å². The minimum atomic E-state index is 0.432. The number of carbonyl (C=O) groups excluding carboxylic acids is 1. The molecule has 0 unspecified atom stereocenters. The lowest BCUT2D eigenvalue weighted by atomic mass is 10.1. The normalized spacial score (nSPS) is 17.3. The van der Waals surface area contributed by atoms with Crippen molar-refractivity contribution in [3.8, 4) is 5.75 Å². The van der Waals surface area contributed by atoms with Crippen LogP contribution in [0.2, 0.25) is 0 Å². The van der Waals surface area contributed by atoms with Crippen molar-refractivity contribution in [2.45, 2.75) is 39.7 Å². The van der Waals surface area contributed by atoms with Crippen molar-refractivity contribution >= 4 is 33.0 Å². The van der Waals surface area contributed by atoms with Crippen molar-refractivity contribution in [3.63, 3.8) is 0 Å². The fourth-order valence-electron chi connectivity index (χ4n) is 4.20. The lowest BCUT2D eigenvalue weighted by Crippen LogP contribution is -2.54. The van der Waals surface area contributed by atoms with E-state index < -0.39 is 0 Å². The SMILES string of the molecule is CC[C@H]1CN(c2nc3ccc(C)cc3s2)CCN1CCOc1cc(CC=O)ccc1C. The molecule has 1 aromatic heterocycles. The largest absolute Gasteiger partial charge is 0.492 e. The monoisotopic (exact) mass is 437 g/mol. The molecular weight excluding hydrogens is 406 g/mol. The van der Waals surface area contributed by atoms with Gasteiger partial charge in [-0.1, -0.05) is 36.5 Å². The van der Waals surface area contributed by atoms with Crippen LogP contribution in [-0.2, 0) is 11.2 Å². The van der Waals surface area contributed by atoms with E-state index in [9.17, 15) is 4.79 Å². The maximum atomic E-state index is 10.8. The molecule has 3 aromatic rings. The minimum Gasteiger partial charge on any atom is -0.492 e. The van der Waals surface area contributed by atoms with Gasteiger partial charge in [-0.25, -0.2) is 4.98 Å². The number of piperazine rings is 1. The van der Waals surface area contributed by atoms with Gasteiger partial charge in [-0.2, -0.15) is 0 Å². The van der Waals surface area contributed by atoms with E-state index in [-0.39, 0.29) is 0 Å². The van der Waals surface area contributed by atoms with Crippen LogP contribution >= 0.6 is 11.3 Å². The molecule has 0 radical (unpaired) electrons. The summed E-state index contributed by atoms with van der Waals surface area (Å²) in [6.45, 7) is 11.0. The number of ether oxygens (including phenoxy) is 1. The second-order valence-corrected chi connectivity index (χ2v) is 9.34. The first-order valence-electron chi connectivity index (χ1n) is 11.1. The summed E-state index contributed by atoms with van der Waals surface area (Å²) in [4.78, 5) is 20.7. The van der Waals surface area contributed by atoms with Crippen LogP contribution in [0.5, 0.6) is 5.75 Å². The molecule has 2 heterocycles. The number of fused-ring (bicyclic) bond motifs is 1. The van der Waals surface area contributed by atoms with Gasteiger partial charge in [-0.3, -0.25) is 4.90 Å². The Balaban J connectivity index is 1.35. The summed E-state index contributed by atoms with van der Waals surface area (Å²) in [6, 6.07) is 13.0. The van der Waals surface area contributed by atoms with E-state index in [0.717, 1.165) is 66.4 Å². The maximum absolute atomic E-state index is 10.8. The third-order valence-corrected chi connectivity index (χ3v) is 7.17. The minimum absolute atomic E-state index is 0.432. The van der Waals surface area contributed by atoms with Gasteiger partial charge in [0, 0.05) is 38.6 Å². The van der Waals surface area contributed by atoms with E-state index in [0.29, 0.717) is 19.1 Å². The number of aryl methyl sites for hydroxylation is 2. The molecular formula is C25H31N3O2S. The molecule has 1 aliphatic rings. The van der Waals surface area contributed by atoms with Crippen LogP contribution in [-0.4, -0.2) is 55.0 Å². The summed E-state index contributed by atoms with van der Waals surface area (Å²) in [5.41, 5.74) is 4.49. The number of rotatable bonds is 8. The number of aldehydes is 1. The molecule has 0 spiro atoms. The number of hydrogen-bond donors (Lipinski definition) is 0. The van der Waals surface area contributed by atoms with E-state index in [1.165, 1.54) is 10.3 Å². The lowest BCUT2D eigenvalue weighted by Gasteiger charge is -2.41. The highest BCUT2D eigenvalue weighted by Crippen LogP contribution is 2.31. The highest BCUT2D eigenvalue weighted by atomic mass is 32.1. The first kappa shape index (κ1) is 21.8. The van der Waals surface area contributed by atoms with Gasteiger partial charge in [-0.05, 0) is 55.2 Å². The lowest BCUT2D eigenvalue weighted by molar-refractivity contribution is -0.107. The van der Waals surface area contributed by atoms with Crippen LogP contribution < -0.4 is 9.64 Å². The predicted molar refractivity (Wildman–Crippen MR) is 129 cm³/mol. The topological polar surface area (TPSA) is 45.7 Å². The third kappa shape index (κ3) is 5.08. The van der Waals surface area contributed by atoms with Gasteiger partial charge in [0.05, 0.1) is 10.2 Å². The van der Waals surface area contributed by atoms with Crippen LogP contribution in [0.1, 0.15) is 30.0 Å². The highest BCUT2D eigenvalue weighted by molar-refractivity contribution is 7.22. The smallest absolute Gasteiger partial charge is 0.186 e. The first-order valence-corrected chi connectivity index (χ1v) is 11.9. The fourth-order valence-corrected chi connectivity index (χ4v) is 5.30. The van der Waals surface area contributed by atoms with Crippen molar-refractivity contribution in [2.24, 2.45) is 0 Å². The number of hydrogen-bond acceptors (Lipinski definition) is 6. The molecule has 2 aromatic carbocycles. The van der Waals surface area contributed by atoms with Crippen molar-refractivity contribution in [3.05, 3.63) is 53.1 Å². The van der Waals surface area contributed by atoms with Gasteiger partial charge in [0.1, 0.15) is 18.6 Å². The summed E-state index contributed by atoms with van der Waals surface area (Å²) in [5.74, 6) is 0.885. The van der Waals surface area contributed by atoms with E-state index in [1.807, 2.05) is 25.1 Å². The predicted octanol–water partition coefficient (Wildman–Crippen LogP) is 4.63. The molecule has 0 aliphatic carbocycles. The average Bonchev–Trinajstić information content (AvgIpc) is 3.19. The zero-order valence-corrected chi connectivity index (χ0v) is 19.5. The number of benzene rings is 2. The molecule has 0 saturated carbocycles. The van der Waals surface area contributed by atoms with Gasteiger partial charge in [0.2, 0.25) is 0 Å². The standard InChI is InChI=1S/C25H31N3O2S/c1-4-21-17-28(25-26-22-8-5-18(2)15-24(22)31-25)11-10-27(21)12-14-30-23-16-20(9-13-29)7-6-19(23)3/h5-8,13,15-16,21H,4,9-12,14,17H2,1-3H3/t21-/m0/s1. The van der Waals surface area contributed by atoms with Crippen LogP contribution in [0.3, 0.4) is 0 Å². The number of anilines is 1. The Morgan fingerprint density at radius 2 is 2.06 bits per heavy atom. The van der Waals surface area contributed by atoms with Crippen LogP contribution in [0.25, 0.3) is 10.2 Å². The third-order valence-electron chi connectivity index (χ3n) is 6.09. The summed E-state index contributed by atoms with van der Waals surface area (Å²) in [7, 11) is 0. The Morgan fingerprint density at radius 1 is 1.19 bits per heavy atom. The second-order valence-electron chi connectivity index (χ2n) is 8.33. The Hall–Kier alpha value is -2.44. The Bertz CT molecular complexity index is 1050. The van der Waals surface area contributed by atoms with Crippen molar-refractivity contribution < 1.29 is 9.53 Å². The maximum Gasteiger partial charge on any atom is 0.186 e. The molecule has 0 amide bonds. The Labute approximate surface area is 188 Å². The highest BCUT2D eigenvalue weighted by Gasteiger charge is 2.27. The zero-order chi connectivity index (χ0) is 21.8. The van der Waals surface area contributed by atoms with E-state index in [2.05, 4.69) is 41.8 Å². The number of thiazole rings is 1. The molecule has 5 nitrogen and oxygen atoms in total. The fraction of sp³-hybridized carbons (Fsp3) is 0.440. The summed E-state index contributed by atoms with van der Waals surface area (Å²) < 4.78 is 7.37. The molecule has 0 N–H and O–H groups in total. The van der Waals surface area contributed by atoms with Gasteiger partial charge in [-0.15, -0.1) is 0 Å². The van der Waals surface area contributed by atoms with Crippen molar-refractivity contribution in [1.82, 2.24) is 9.88 Å². The molecule has 1 fully saturated rings. The summed E-state index contributed by atoms with van der Waals surface area (Å²) >= 11 is 1.80. The van der Waals surface area contributed by atoms with Crippen LogP contribution in [0, 0.1) is 13.8 Å². The molecule has 1 atom stereocenters. The molecule has 4 rings (SSSR count). The number of carbonyl (C=O) groups is 1.